The van der Waals surface area contributed by atoms with E-state index in [0.29, 0.717) is 40.6 Å². The molecule has 8 atom stereocenters. The molecule has 5 aliphatic rings. The SMILES string of the molecule is CC1(C)CC[C@]2(C(=O)NCc3cc(-c4ccc(Cl)cc4)no3)CC[C@]3(C)C(=CCC4[C@@]5(C)CC[C@H](N)C(C)(C)C5CC[C@]43C)[C@@H]2C1. The molecule has 1 heterocycles. The first kappa shape index (κ1) is 32.4. The Labute approximate surface area is 281 Å². The lowest BCUT2D eigenvalue weighted by Crippen LogP contribution is -2.66. The van der Waals surface area contributed by atoms with Gasteiger partial charge in [-0.3, -0.25) is 4.79 Å². The molecule has 1 aromatic carbocycles. The van der Waals surface area contributed by atoms with E-state index >= 15 is 0 Å². The van der Waals surface area contributed by atoms with Crippen molar-refractivity contribution in [3.63, 3.8) is 0 Å². The Balaban J connectivity index is 1.18. The van der Waals surface area contributed by atoms with E-state index in [-0.39, 0.29) is 38.9 Å². The zero-order valence-electron chi connectivity index (χ0n) is 29.3. The van der Waals surface area contributed by atoms with E-state index in [2.05, 4.69) is 65.0 Å². The van der Waals surface area contributed by atoms with Crippen LogP contribution in [0.25, 0.3) is 11.3 Å². The summed E-state index contributed by atoms with van der Waals surface area (Å²) in [6.45, 7) is 18.0. The monoisotopic (exact) mass is 645 g/mol. The number of halogens is 1. The van der Waals surface area contributed by atoms with Crippen LogP contribution in [0.3, 0.4) is 0 Å². The first-order chi connectivity index (χ1) is 21.6. The first-order valence-corrected chi connectivity index (χ1v) is 18.4. The molecule has 6 heteroatoms. The van der Waals surface area contributed by atoms with Crippen molar-refractivity contribution >= 4 is 17.5 Å². The minimum Gasteiger partial charge on any atom is -0.359 e. The number of nitrogens with zero attached hydrogens (tertiary/aromatic N) is 1. The van der Waals surface area contributed by atoms with Crippen molar-refractivity contribution in [2.75, 3.05) is 0 Å². The van der Waals surface area contributed by atoms with Gasteiger partial charge in [-0.25, -0.2) is 0 Å². The zero-order valence-corrected chi connectivity index (χ0v) is 30.0. The van der Waals surface area contributed by atoms with Crippen molar-refractivity contribution in [1.29, 1.82) is 0 Å². The largest absolute Gasteiger partial charge is 0.359 e. The van der Waals surface area contributed by atoms with E-state index in [1.54, 1.807) is 5.57 Å². The lowest BCUT2D eigenvalue weighted by molar-refractivity contribution is -0.186. The van der Waals surface area contributed by atoms with E-state index in [1.165, 1.54) is 19.3 Å². The van der Waals surface area contributed by atoms with Gasteiger partial charge in [0.15, 0.2) is 5.76 Å². The van der Waals surface area contributed by atoms with Gasteiger partial charge in [-0.2, -0.15) is 0 Å². The molecule has 2 unspecified atom stereocenters. The van der Waals surface area contributed by atoms with Crippen LogP contribution in [0, 0.1) is 50.2 Å². The minimum atomic E-state index is -0.371. The second kappa shape index (κ2) is 10.7. The average molecular weight is 646 g/mol. The number of fused-ring (bicyclic) bond motifs is 7. The fraction of sp³-hybridized carbons (Fsp3) is 0.700. The number of aromatic nitrogens is 1. The predicted molar refractivity (Wildman–Crippen MR) is 186 cm³/mol. The first-order valence-electron chi connectivity index (χ1n) is 18.0. The Morgan fingerprint density at radius 2 is 1.67 bits per heavy atom. The number of hydrogen-bond donors (Lipinski definition) is 2. The fourth-order valence-corrected chi connectivity index (χ4v) is 12.3. The zero-order chi connectivity index (χ0) is 32.9. The Bertz CT molecular complexity index is 1540. The summed E-state index contributed by atoms with van der Waals surface area (Å²) in [7, 11) is 0. The predicted octanol–water partition coefficient (Wildman–Crippen LogP) is 9.74. The number of rotatable bonds is 4. The summed E-state index contributed by atoms with van der Waals surface area (Å²) in [5.41, 5.74) is 10.8. The number of benzene rings is 1. The highest BCUT2D eigenvalue weighted by molar-refractivity contribution is 6.30. The molecule has 1 aromatic heterocycles. The normalized spacial score (nSPS) is 40.8. The standard InChI is InChI=1S/C40H56ClN3O2/c1-35(2)18-20-40(34(45)43-24-27-22-30(44-46-27)25-8-10-26(41)11-9-25)21-19-38(6)28(29(40)23-35)12-13-32-37(5)16-15-33(42)36(3,4)31(37)14-17-39(32,38)7/h8-12,22,29,31-33H,13-21,23-24,42H2,1-7H3,(H,43,45)/t29-,31?,32?,33-,37-,38+,39+,40-/m0/s1. The van der Waals surface area contributed by atoms with Crippen LogP contribution in [0.15, 0.2) is 46.5 Å². The highest BCUT2D eigenvalue weighted by Crippen LogP contribution is 2.75. The summed E-state index contributed by atoms with van der Waals surface area (Å²) in [6, 6.07) is 9.81. The maximum absolute atomic E-state index is 14.5. The van der Waals surface area contributed by atoms with Gasteiger partial charge in [0.05, 0.1) is 12.0 Å². The Morgan fingerprint density at radius 3 is 2.41 bits per heavy atom. The van der Waals surface area contributed by atoms with Gasteiger partial charge in [-0.15, -0.1) is 0 Å². The third-order valence-electron chi connectivity index (χ3n) is 15.3. The Morgan fingerprint density at radius 1 is 0.957 bits per heavy atom. The molecule has 2 aromatic rings. The number of amides is 1. The van der Waals surface area contributed by atoms with Gasteiger partial charge in [-0.05, 0) is 121 Å². The second-order valence-electron chi connectivity index (χ2n) is 18.2. The number of hydrogen-bond acceptors (Lipinski definition) is 4. The summed E-state index contributed by atoms with van der Waals surface area (Å²) in [4.78, 5) is 14.5. The molecule has 0 spiro atoms. The number of carbonyl (C=O) groups excluding carboxylic acids is 1. The third-order valence-corrected chi connectivity index (χ3v) is 15.6. The van der Waals surface area contributed by atoms with Crippen LogP contribution in [0.5, 0.6) is 0 Å². The molecule has 46 heavy (non-hydrogen) atoms. The van der Waals surface area contributed by atoms with Crippen molar-refractivity contribution in [2.45, 2.75) is 125 Å². The molecule has 5 aliphatic carbocycles. The van der Waals surface area contributed by atoms with Crippen LogP contribution in [-0.4, -0.2) is 17.1 Å². The van der Waals surface area contributed by atoms with Crippen molar-refractivity contribution in [1.82, 2.24) is 10.5 Å². The van der Waals surface area contributed by atoms with Crippen molar-refractivity contribution in [2.24, 2.45) is 56.0 Å². The summed E-state index contributed by atoms with van der Waals surface area (Å²) in [5, 5.41) is 8.32. The average Bonchev–Trinajstić information content (AvgIpc) is 3.47. The quantitative estimate of drug-likeness (QED) is 0.324. The molecule has 0 aliphatic heterocycles. The molecule has 4 fully saturated rings. The Kier molecular flexibility index (Phi) is 7.54. The van der Waals surface area contributed by atoms with E-state index in [0.717, 1.165) is 56.2 Å². The molecule has 5 nitrogen and oxygen atoms in total. The molecule has 4 saturated carbocycles. The molecular weight excluding hydrogens is 590 g/mol. The maximum Gasteiger partial charge on any atom is 0.227 e. The van der Waals surface area contributed by atoms with Gasteiger partial charge in [0.2, 0.25) is 5.91 Å². The number of nitrogens with two attached hydrogens (primary N) is 1. The molecule has 7 rings (SSSR count). The van der Waals surface area contributed by atoms with Crippen LogP contribution in [0.4, 0.5) is 0 Å². The topological polar surface area (TPSA) is 81.2 Å². The molecular formula is C40H56ClN3O2. The lowest BCUT2D eigenvalue weighted by atomic mass is 9.33. The van der Waals surface area contributed by atoms with E-state index in [4.69, 9.17) is 21.9 Å². The number of allylic oxidation sites excluding steroid dienone is 2. The van der Waals surface area contributed by atoms with Gasteiger partial charge >= 0.3 is 0 Å². The highest BCUT2D eigenvalue weighted by atomic mass is 35.5. The highest BCUT2D eigenvalue weighted by Gasteiger charge is 2.69. The number of carbonyl (C=O) groups is 1. The molecule has 0 saturated heterocycles. The lowest BCUT2D eigenvalue weighted by Gasteiger charge is -2.71. The van der Waals surface area contributed by atoms with Crippen LogP contribution in [-0.2, 0) is 11.3 Å². The van der Waals surface area contributed by atoms with Crippen molar-refractivity contribution in [3.05, 3.63) is 52.8 Å². The molecule has 250 valence electrons. The third kappa shape index (κ3) is 4.64. The van der Waals surface area contributed by atoms with Gasteiger partial charge in [0.1, 0.15) is 5.69 Å². The van der Waals surface area contributed by atoms with Gasteiger partial charge in [0.25, 0.3) is 0 Å². The van der Waals surface area contributed by atoms with E-state index in [9.17, 15) is 4.79 Å². The van der Waals surface area contributed by atoms with Gasteiger partial charge in [0, 0.05) is 22.7 Å². The van der Waals surface area contributed by atoms with Crippen LogP contribution < -0.4 is 11.1 Å². The molecule has 0 radical (unpaired) electrons. The molecule has 3 N–H and O–H groups in total. The van der Waals surface area contributed by atoms with Crippen LogP contribution in [0.1, 0.15) is 118 Å². The minimum absolute atomic E-state index is 0.105. The fourth-order valence-electron chi connectivity index (χ4n) is 12.2. The van der Waals surface area contributed by atoms with Crippen molar-refractivity contribution in [3.8, 4) is 11.3 Å². The second-order valence-corrected chi connectivity index (χ2v) is 18.6. The smallest absolute Gasteiger partial charge is 0.227 e. The van der Waals surface area contributed by atoms with Crippen LogP contribution in [0.2, 0.25) is 5.02 Å². The summed E-state index contributed by atoms with van der Waals surface area (Å²) >= 11 is 6.08. The summed E-state index contributed by atoms with van der Waals surface area (Å²) < 4.78 is 5.69. The van der Waals surface area contributed by atoms with E-state index in [1.807, 2.05) is 30.3 Å². The Hall–Kier alpha value is -2.11. The molecule has 1 amide bonds. The summed E-state index contributed by atoms with van der Waals surface area (Å²) in [5.74, 6) is 2.47. The van der Waals surface area contributed by atoms with Crippen molar-refractivity contribution < 1.29 is 9.32 Å². The van der Waals surface area contributed by atoms with Crippen LogP contribution >= 0.6 is 11.6 Å². The molecule has 0 bridgehead atoms. The maximum atomic E-state index is 14.5. The number of nitrogens with one attached hydrogen (secondary N) is 1. The summed E-state index contributed by atoms with van der Waals surface area (Å²) in [6.07, 6.45) is 13.9. The van der Waals surface area contributed by atoms with Gasteiger partial charge < -0.3 is 15.6 Å². The van der Waals surface area contributed by atoms with E-state index < -0.39 is 0 Å². The van der Waals surface area contributed by atoms with Gasteiger partial charge in [-0.1, -0.05) is 89.0 Å².